The first-order valence-electron chi connectivity index (χ1n) is 6.59. The fraction of sp³-hybridized carbons (Fsp3) is 0.286. The van der Waals surface area contributed by atoms with Crippen molar-refractivity contribution in [1.29, 1.82) is 0 Å². The molecule has 1 heterocycles. The Bertz CT molecular complexity index is 622. The van der Waals surface area contributed by atoms with Gasteiger partial charge in [-0.05, 0) is 17.7 Å². The number of rotatable bonds is 5. The average molecular weight is 311 g/mol. The van der Waals surface area contributed by atoms with Crippen molar-refractivity contribution in [3.63, 3.8) is 0 Å². The molecule has 0 amide bonds. The van der Waals surface area contributed by atoms with Crippen LogP contribution in [0, 0.1) is 5.82 Å². The number of nitrogens with one attached hydrogen (secondary N) is 2. The van der Waals surface area contributed by atoms with Crippen LogP contribution >= 0.6 is 0 Å². The number of aliphatic imine (C=N–C) groups is 1. The highest BCUT2D eigenvalue weighted by Gasteiger charge is 2.11. The lowest BCUT2D eigenvalue weighted by atomic mass is 10.2. The van der Waals surface area contributed by atoms with Gasteiger partial charge >= 0.3 is 6.55 Å². The van der Waals surface area contributed by atoms with Crippen molar-refractivity contribution >= 4 is 5.96 Å². The Labute approximate surface area is 125 Å². The predicted octanol–water partition coefficient (Wildman–Crippen LogP) is 2.28. The monoisotopic (exact) mass is 311 g/mol. The Balaban J connectivity index is 1.87. The molecule has 0 aliphatic heterocycles. The Morgan fingerprint density at radius 2 is 1.91 bits per heavy atom. The number of nitrogens with zero attached hydrogens (tertiary/aromatic N) is 3. The van der Waals surface area contributed by atoms with Crippen molar-refractivity contribution in [3.8, 4) is 0 Å². The minimum atomic E-state index is -2.63. The third kappa shape index (κ3) is 4.24. The lowest BCUT2D eigenvalue weighted by Crippen LogP contribution is -2.37. The molecule has 0 aliphatic carbocycles. The Hall–Kier alpha value is -2.51. The zero-order valence-corrected chi connectivity index (χ0v) is 11.9. The summed E-state index contributed by atoms with van der Waals surface area (Å²) in [4.78, 5) is 7.86. The molecule has 0 fully saturated rings. The first kappa shape index (κ1) is 15.9. The van der Waals surface area contributed by atoms with Crippen LogP contribution in [0.2, 0.25) is 0 Å². The highest BCUT2D eigenvalue weighted by Crippen LogP contribution is 2.11. The van der Waals surface area contributed by atoms with E-state index in [1.165, 1.54) is 24.5 Å². The maximum atomic E-state index is 12.8. The normalized spacial score (nSPS) is 11.8. The van der Waals surface area contributed by atoms with Crippen LogP contribution in [0.1, 0.15) is 17.9 Å². The molecule has 0 aliphatic rings. The van der Waals surface area contributed by atoms with Gasteiger partial charge in [0.15, 0.2) is 5.96 Å². The molecule has 0 radical (unpaired) electrons. The molecule has 8 heteroatoms. The van der Waals surface area contributed by atoms with Gasteiger partial charge in [-0.2, -0.15) is 8.78 Å². The molecule has 5 nitrogen and oxygen atoms in total. The molecule has 1 aromatic heterocycles. The minimum Gasteiger partial charge on any atom is -0.352 e. The van der Waals surface area contributed by atoms with Crippen LogP contribution in [0.15, 0.2) is 41.7 Å². The van der Waals surface area contributed by atoms with Crippen LogP contribution < -0.4 is 10.6 Å². The van der Waals surface area contributed by atoms with Gasteiger partial charge in [0.1, 0.15) is 11.6 Å². The third-order valence-corrected chi connectivity index (χ3v) is 2.97. The van der Waals surface area contributed by atoms with Gasteiger partial charge in [-0.15, -0.1) is 0 Å². The zero-order chi connectivity index (χ0) is 15.9. The summed E-state index contributed by atoms with van der Waals surface area (Å²) in [6.45, 7) is -2.09. The number of imidazole rings is 1. The number of hydrogen-bond acceptors (Lipinski definition) is 2. The fourth-order valence-electron chi connectivity index (χ4n) is 1.83. The maximum absolute atomic E-state index is 12.8. The summed E-state index contributed by atoms with van der Waals surface area (Å²) in [5.41, 5.74) is 0.874. The number of guanidine groups is 1. The molecule has 0 atom stereocenters. The third-order valence-electron chi connectivity index (χ3n) is 2.97. The Morgan fingerprint density at radius 1 is 1.23 bits per heavy atom. The van der Waals surface area contributed by atoms with Gasteiger partial charge in [0.25, 0.3) is 0 Å². The summed E-state index contributed by atoms with van der Waals surface area (Å²) in [6, 6.07) is 6.04. The molecule has 0 saturated heterocycles. The molecule has 2 aromatic rings. The molecule has 2 N–H and O–H groups in total. The van der Waals surface area contributed by atoms with E-state index in [1.807, 2.05) is 0 Å². The average Bonchev–Trinajstić information content (AvgIpc) is 2.98. The summed E-state index contributed by atoms with van der Waals surface area (Å²) in [6.07, 6.45) is 2.54. The number of halogens is 3. The Morgan fingerprint density at radius 3 is 2.55 bits per heavy atom. The van der Waals surface area contributed by atoms with Crippen molar-refractivity contribution in [2.75, 3.05) is 7.05 Å². The largest absolute Gasteiger partial charge is 0.352 e. The molecular weight excluding hydrogens is 295 g/mol. The second kappa shape index (κ2) is 7.48. The van der Waals surface area contributed by atoms with E-state index in [9.17, 15) is 13.2 Å². The second-order valence-corrected chi connectivity index (χ2v) is 4.43. The lowest BCUT2D eigenvalue weighted by molar-refractivity contribution is 0.0668. The summed E-state index contributed by atoms with van der Waals surface area (Å²) in [5.74, 6) is 0.345. The van der Waals surface area contributed by atoms with E-state index in [2.05, 4.69) is 20.6 Å². The Kier molecular flexibility index (Phi) is 5.40. The smallest absolute Gasteiger partial charge is 0.319 e. The number of hydrogen-bond donors (Lipinski definition) is 2. The lowest BCUT2D eigenvalue weighted by Gasteiger charge is -2.12. The summed E-state index contributed by atoms with van der Waals surface area (Å²) < 4.78 is 39.0. The first-order chi connectivity index (χ1) is 10.6. The molecule has 1 aromatic carbocycles. The quantitative estimate of drug-likeness (QED) is 0.658. The van der Waals surface area contributed by atoms with Gasteiger partial charge < -0.3 is 10.6 Å². The van der Waals surface area contributed by atoms with Gasteiger partial charge in [0, 0.05) is 26.0 Å². The fourth-order valence-corrected chi connectivity index (χ4v) is 1.83. The van der Waals surface area contributed by atoms with E-state index in [1.54, 1.807) is 19.2 Å². The minimum absolute atomic E-state index is 0.112. The number of alkyl halides is 2. The van der Waals surface area contributed by atoms with E-state index in [-0.39, 0.29) is 18.2 Å². The van der Waals surface area contributed by atoms with Crippen LogP contribution in [0.3, 0.4) is 0 Å². The molecule has 2 rings (SSSR count). The van der Waals surface area contributed by atoms with E-state index in [0.29, 0.717) is 12.5 Å². The first-order valence-corrected chi connectivity index (χ1v) is 6.59. The summed E-state index contributed by atoms with van der Waals surface area (Å²) >= 11 is 0. The maximum Gasteiger partial charge on any atom is 0.319 e. The van der Waals surface area contributed by atoms with E-state index >= 15 is 0 Å². The van der Waals surface area contributed by atoms with Gasteiger partial charge in [0.2, 0.25) is 0 Å². The van der Waals surface area contributed by atoms with Crippen LogP contribution in [-0.4, -0.2) is 22.6 Å². The van der Waals surface area contributed by atoms with Crippen LogP contribution in [-0.2, 0) is 13.1 Å². The van der Waals surface area contributed by atoms with E-state index < -0.39 is 6.55 Å². The van der Waals surface area contributed by atoms with Crippen LogP contribution in [0.25, 0.3) is 0 Å². The second-order valence-electron chi connectivity index (χ2n) is 4.43. The molecule has 118 valence electrons. The van der Waals surface area contributed by atoms with Gasteiger partial charge in [-0.25, -0.2) is 9.37 Å². The molecule has 0 saturated carbocycles. The van der Waals surface area contributed by atoms with Crippen molar-refractivity contribution in [2.24, 2.45) is 4.99 Å². The van der Waals surface area contributed by atoms with E-state index in [4.69, 9.17) is 0 Å². The molecular formula is C14H16F3N5. The summed E-state index contributed by atoms with van der Waals surface area (Å²) in [5, 5.41) is 5.91. The standard InChI is InChI=1S/C14H16F3N5/c1-18-14(20-8-10-2-4-11(15)5-3-10)21-9-12-19-6-7-22(12)13(16)17/h2-7,13H,8-9H2,1H3,(H2,18,20,21). The number of aromatic nitrogens is 2. The zero-order valence-electron chi connectivity index (χ0n) is 11.9. The molecule has 0 bridgehead atoms. The van der Waals surface area contributed by atoms with Gasteiger partial charge in [-0.1, -0.05) is 12.1 Å². The highest BCUT2D eigenvalue weighted by molar-refractivity contribution is 5.79. The molecule has 0 spiro atoms. The molecule has 0 unspecified atom stereocenters. The van der Waals surface area contributed by atoms with E-state index in [0.717, 1.165) is 10.1 Å². The molecule has 22 heavy (non-hydrogen) atoms. The van der Waals surface area contributed by atoms with Crippen LogP contribution in [0.5, 0.6) is 0 Å². The van der Waals surface area contributed by atoms with Gasteiger partial charge in [-0.3, -0.25) is 9.56 Å². The van der Waals surface area contributed by atoms with Crippen molar-refractivity contribution in [3.05, 3.63) is 53.9 Å². The van der Waals surface area contributed by atoms with Crippen LogP contribution in [0.4, 0.5) is 13.2 Å². The highest BCUT2D eigenvalue weighted by atomic mass is 19.3. The van der Waals surface area contributed by atoms with Gasteiger partial charge in [0.05, 0.1) is 6.54 Å². The summed E-state index contributed by atoms with van der Waals surface area (Å²) in [7, 11) is 1.57. The van der Waals surface area contributed by atoms with Crippen molar-refractivity contribution in [2.45, 2.75) is 19.6 Å². The predicted molar refractivity (Wildman–Crippen MR) is 76.9 cm³/mol. The van der Waals surface area contributed by atoms with Crippen molar-refractivity contribution in [1.82, 2.24) is 20.2 Å². The topological polar surface area (TPSA) is 54.2 Å². The van der Waals surface area contributed by atoms with Crippen molar-refractivity contribution < 1.29 is 13.2 Å². The number of benzene rings is 1. The SMILES string of the molecule is CN=C(NCc1ccc(F)cc1)NCc1nccn1C(F)F.